The molecule has 8 rings (SSSR count). The number of imide groups is 1. The fourth-order valence-corrected chi connectivity index (χ4v) is 11.4. The predicted octanol–water partition coefficient (Wildman–Crippen LogP) is 6.51. The molecule has 252 valence electrons. The van der Waals surface area contributed by atoms with Gasteiger partial charge in [-0.05, 0) is 78.8 Å². The van der Waals surface area contributed by atoms with E-state index in [-0.39, 0.29) is 40.2 Å². The van der Waals surface area contributed by atoms with Gasteiger partial charge >= 0.3 is 11.0 Å². The Hall–Kier alpha value is -4.27. The minimum absolute atomic E-state index is 0.0462. The van der Waals surface area contributed by atoms with Crippen LogP contribution in [0.3, 0.4) is 0 Å². The molecule has 4 aromatic rings. The number of phenols is 1. The van der Waals surface area contributed by atoms with Gasteiger partial charge in [0.05, 0.1) is 28.1 Å². The molecule has 4 aliphatic rings. The number of phenolic OH excluding ortho intramolecular Hbond substituents is 1. The van der Waals surface area contributed by atoms with Crippen molar-refractivity contribution in [3.8, 4) is 11.5 Å². The van der Waals surface area contributed by atoms with E-state index in [0.29, 0.717) is 38.3 Å². The first-order chi connectivity index (χ1) is 23.4. The van der Waals surface area contributed by atoms with Crippen molar-refractivity contribution in [3.63, 3.8) is 0 Å². The van der Waals surface area contributed by atoms with Gasteiger partial charge in [-0.15, -0.1) is 11.8 Å². The molecule has 2 bridgehead atoms. The summed E-state index contributed by atoms with van der Waals surface area (Å²) in [6, 6.07) is 15.5. The summed E-state index contributed by atoms with van der Waals surface area (Å²) < 4.78 is 48.1. The molecule has 1 aromatic heterocycles. The molecule has 3 aromatic carbocycles. The predicted molar refractivity (Wildman–Crippen MR) is 176 cm³/mol. The quantitative estimate of drug-likeness (QED) is 0.153. The Labute approximate surface area is 289 Å². The summed E-state index contributed by atoms with van der Waals surface area (Å²) in [5, 5.41) is 13.0. The van der Waals surface area contributed by atoms with Gasteiger partial charge in [-0.3, -0.25) is 19.2 Å². The molecule has 2 aliphatic heterocycles. The number of hydrogen-bond acceptors (Lipinski definition) is 8. The Kier molecular flexibility index (Phi) is 7.61. The monoisotopic (exact) mass is 727 g/mol. The van der Waals surface area contributed by atoms with Crippen molar-refractivity contribution in [1.29, 1.82) is 0 Å². The summed E-state index contributed by atoms with van der Waals surface area (Å²) in [6.45, 7) is -0.376. The number of anilines is 2. The van der Waals surface area contributed by atoms with Crippen LogP contribution in [-0.4, -0.2) is 39.7 Å². The zero-order valence-electron chi connectivity index (χ0n) is 25.1. The molecule has 3 amide bonds. The number of rotatable bonds is 6. The Balaban J connectivity index is 1.15. The number of hydrogen-bond donors (Lipinski definition) is 3. The third-order valence-electron chi connectivity index (χ3n) is 9.99. The fourth-order valence-electron chi connectivity index (χ4n) is 8.29. The van der Waals surface area contributed by atoms with Crippen molar-refractivity contribution < 1.29 is 37.4 Å². The van der Waals surface area contributed by atoms with Crippen LogP contribution in [0.2, 0.25) is 5.02 Å². The second-order valence-electron chi connectivity index (χ2n) is 12.6. The standard InChI is InChI=1S/C34H25ClF3N3O6S2/c35-14-5-10-22(47-13-23(43)39-15-6-8-16(42)9-7-15)17(11-14)24-25-18-12-19(28(25)48-30-29(24)49-33(46)40-30)27-26(18)31(44)41(32(27)45)21-4-2-1-3-20(21)34(36,37)38/h1-11,18-19,24-28,42H,12-13H2,(H,39,43)(H,40,46)/t18-,19-,24+,25-,26+,27+,28-/m1/s1. The first kappa shape index (κ1) is 32.0. The van der Waals surface area contributed by atoms with Gasteiger partial charge in [0.25, 0.3) is 5.91 Å². The summed E-state index contributed by atoms with van der Waals surface area (Å²) in [5.74, 6) is -4.52. The van der Waals surface area contributed by atoms with E-state index in [0.717, 1.165) is 28.4 Å². The minimum Gasteiger partial charge on any atom is -0.508 e. The molecule has 9 nitrogen and oxygen atoms in total. The fraction of sp³-hybridized carbons (Fsp3) is 0.294. The molecule has 7 atom stereocenters. The van der Waals surface area contributed by atoms with Crippen LogP contribution < -0.4 is 19.8 Å². The Morgan fingerprint density at radius 1 is 1.02 bits per heavy atom. The van der Waals surface area contributed by atoms with Crippen molar-refractivity contribution in [2.24, 2.45) is 29.6 Å². The number of para-hydroxylation sites is 1. The number of amides is 3. The van der Waals surface area contributed by atoms with Crippen LogP contribution in [0.25, 0.3) is 0 Å². The second-order valence-corrected chi connectivity index (χ2v) is 15.2. The summed E-state index contributed by atoms with van der Waals surface area (Å²) in [7, 11) is 0. The summed E-state index contributed by atoms with van der Waals surface area (Å²) in [5.41, 5.74) is -0.471. The molecule has 0 spiro atoms. The highest BCUT2D eigenvalue weighted by atomic mass is 35.5. The molecule has 2 saturated carbocycles. The lowest BCUT2D eigenvalue weighted by Gasteiger charge is -2.43. The number of H-pyrrole nitrogens is 1. The minimum atomic E-state index is -4.77. The number of alkyl halides is 3. The zero-order chi connectivity index (χ0) is 34.4. The number of nitrogens with one attached hydrogen (secondary N) is 2. The van der Waals surface area contributed by atoms with Crippen LogP contribution in [0.5, 0.6) is 11.5 Å². The number of aromatic hydroxyl groups is 1. The largest absolute Gasteiger partial charge is 0.508 e. The van der Waals surface area contributed by atoms with Gasteiger partial charge in [0.2, 0.25) is 11.8 Å². The van der Waals surface area contributed by atoms with E-state index >= 15 is 0 Å². The molecule has 3 heterocycles. The van der Waals surface area contributed by atoms with Crippen molar-refractivity contribution in [2.45, 2.75) is 28.8 Å². The first-order valence-electron chi connectivity index (χ1n) is 15.4. The molecule has 3 fully saturated rings. The maximum Gasteiger partial charge on any atom is 0.418 e. The van der Waals surface area contributed by atoms with Crippen LogP contribution in [0, 0.1) is 29.6 Å². The molecule has 15 heteroatoms. The number of thioether (sulfide) groups is 1. The Bertz CT molecular complexity index is 2090. The van der Waals surface area contributed by atoms with E-state index < -0.39 is 52.9 Å². The Morgan fingerprint density at radius 2 is 1.73 bits per heavy atom. The summed E-state index contributed by atoms with van der Waals surface area (Å²) in [6.07, 6.45) is -4.25. The lowest BCUT2D eigenvalue weighted by Crippen LogP contribution is -2.42. The Morgan fingerprint density at radius 3 is 2.47 bits per heavy atom. The normalized spacial score (nSPS) is 26.8. The van der Waals surface area contributed by atoms with Gasteiger partial charge in [0.15, 0.2) is 6.61 Å². The van der Waals surface area contributed by atoms with E-state index in [2.05, 4.69) is 10.3 Å². The van der Waals surface area contributed by atoms with Crippen molar-refractivity contribution in [1.82, 2.24) is 4.98 Å². The number of fused-ring (bicyclic) bond motifs is 9. The van der Waals surface area contributed by atoms with Crippen molar-refractivity contribution in [3.05, 3.63) is 97.4 Å². The average molecular weight is 728 g/mol. The molecule has 49 heavy (non-hydrogen) atoms. The second kappa shape index (κ2) is 11.7. The van der Waals surface area contributed by atoms with Gasteiger partial charge < -0.3 is 20.1 Å². The summed E-state index contributed by atoms with van der Waals surface area (Å²) in [4.78, 5) is 57.6. The first-order valence-corrected chi connectivity index (χ1v) is 17.4. The topological polar surface area (TPSA) is 129 Å². The van der Waals surface area contributed by atoms with E-state index in [1.807, 2.05) is 0 Å². The smallest absolute Gasteiger partial charge is 0.418 e. The van der Waals surface area contributed by atoms with E-state index in [9.17, 15) is 37.5 Å². The number of nitrogens with zero attached hydrogens (tertiary/aromatic N) is 1. The lowest BCUT2D eigenvalue weighted by molar-refractivity contribution is -0.137. The van der Waals surface area contributed by atoms with Crippen LogP contribution in [0.4, 0.5) is 24.5 Å². The van der Waals surface area contributed by atoms with E-state index in [1.54, 1.807) is 18.2 Å². The number of halogens is 4. The molecule has 0 radical (unpaired) electrons. The number of carbonyl (C=O) groups excluding carboxylic acids is 3. The number of thiazole rings is 1. The maximum atomic E-state index is 14.1. The van der Waals surface area contributed by atoms with Gasteiger partial charge in [-0.2, -0.15) is 13.2 Å². The van der Waals surface area contributed by atoms with E-state index in [1.165, 1.54) is 48.2 Å². The molecular weight excluding hydrogens is 703 g/mol. The third-order valence-corrected chi connectivity index (χ3v) is 12.8. The number of aromatic amines is 1. The highest BCUT2D eigenvalue weighted by Crippen LogP contribution is 2.69. The number of carbonyl (C=O) groups is 3. The SMILES string of the molecule is O=C(COc1ccc(Cl)cc1[C@@H]1c2sc(=O)[nH]c2S[C@@H]2[C@@H]3C[C@@H]([C@@H]4C(=O)N(c5ccccc5C(F)(F)F)C(=O)[C@@H]34)[C@H]12)Nc1ccc(O)cc1. The molecule has 1 saturated heterocycles. The van der Waals surface area contributed by atoms with Crippen LogP contribution in [-0.2, 0) is 20.6 Å². The third kappa shape index (κ3) is 5.22. The zero-order valence-corrected chi connectivity index (χ0v) is 27.5. The van der Waals surface area contributed by atoms with Gasteiger partial charge in [0, 0.05) is 32.3 Å². The van der Waals surface area contributed by atoms with Gasteiger partial charge in [0.1, 0.15) is 11.5 Å². The van der Waals surface area contributed by atoms with Crippen LogP contribution >= 0.6 is 34.7 Å². The van der Waals surface area contributed by atoms with Gasteiger partial charge in [-0.1, -0.05) is 35.1 Å². The highest BCUT2D eigenvalue weighted by Gasteiger charge is 2.70. The van der Waals surface area contributed by atoms with Crippen molar-refractivity contribution >= 4 is 63.8 Å². The molecule has 3 N–H and O–H groups in total. The average Bonchev–Trinajstić information content (AvgIpc) is 3.80. The number of ether oxygens (including phenoxy) is 1. The maximum absolute atomic E-state index is 14.1. The van der Waals surface area contributed by atoms with Crippen LogP contribution in [0.1, 0.15) is 28.3 Å². The van der Waals surface area contributed by atoms with Gasteiger partial charge in [-0.25, -0.2) is 4.90 Å². The molecular formula is C34H25ClF3N3O6S2. The number of benzene rings is 3. The number of aromatic nitrogens is 1. The summed E-state index contributed by atoms with van der Waals surface area (Å²) >= 11 is 8.98. The molecule has 2 aliphatic carbocycles. The molecule has 0 unspecified atom stereocenters. The van der Waals surface area contributed by atoms with Crippen molar-refractivity contribution in [2.75, 3.05) is 16.8 Å². The lowest BCUT2D eigenvalue weighted by atomic mass is 9.68. The van der Waals surface area contributed by atoms with Crippen LogP contribution in [0.15, 0.2) is 76.6 Å². The highest BCUT2D eigenvalue weighted by molar-refractivity contribution is 8.00. The van der Waals surface area contributed by atoms with E-state index in [4.69, 9.17) is 16.3 Å².